The Balaban J connectivity index is 2.41. The van der Waals surface area contributed by atoms with Crippen molar-refractivity contribution in [3.63, 3.8) is 0 Å². The Morgan fingerprint density at radius 2 is 1.86 bits per heavy atom. The Morgan fingerprint density at radius 3 is 2.43 bits per heavy atom. The average Bonchev–Trinajstić information content (AvgIpc) is 2.70. The van der Waals surface area contributed by atoms with Crippen LogP contribution in [0.5, 0.6) is 0 Å². The molecule has 1 fully saturated rings. The highest BCUT2D eigenvalue weighted by Crippen LogP contribution is 2.41. The Morgan fingerprint density at radius 1 is 1.19 bits per heavy atom. The van der Waals surface area contributed by atoms with Crippen LogP contribution in [0.1, 0.15) is 68.2 Å². The van der Waals surface area contributed by atoms with E-state index in [2.05, 4.69) is 44.4 Å². The highest BCUT2D eigenvalue weighted by molar-refractivity contribution is 5.35. The van der Waals surface area contributed by atoms with E-state index in [1.165, 1.54) is 42.4 Å². The molecule has 0 heterocycles. The van der Waals surface area contributed by atoms with Crippen molar-refractivity contribution in [2.75, 3.05) is 6.61 Å². The quantitative estimate of drug-likeness (QED) is 0.490. The molecule has 0 amide bonds. The number of hydrazine groups is 1. The summed E-state index contributed by atoms with van der Waals surface area (Å²) in [6.45, 7) is 7.12. The van der Waals surface area contributed by atoms with Crippen LogP contribution in [0.4, 0.5) is 0 Å². The van der Waals surface area contributed by atoms with Crippen molar-refractivity contribution >= 4 is 0 Å². The van der Waals surface area contributed by atoms with Crippen molar-refractivity contribution in [3.8, 4) is 0 Å². The van der Waals surface area contributed by atoms with Crippen molar-refractivity contribution in [1.82, 2.24) is 5.43 Å². The van der Waals surface area contributed by atoms with Gasteiger partial charge in [0.15, 0.2) is 0 Å². The average molecular weight is 290 g/mol. The van der Waals surface area contributed by atoms with Gasteiger partial charge in [0.2, 0.25) is 0 Å². The Labute approximate surface area is 129 Å². The first-order valence-electron chi connectivity index (χ1n) is 8.30. The molecule has 0 spiro atoms. The Kier molecular flexibility index (Phi) is 5.80. The van der Waals surface area contributed by atoms with Gasteiger partial charge in [-0.3, -0.25) is 11.3 Å². The number of hydrogen-bond donors (Lipinski definition) is 2. The minimum absolute atomic E-state index is 0.0652. The molecule has 1 saturated carbocycles. The number of aryl methyl sites for hydroxylation is 2. The molecule has 21 heavy (non-hydrogen) atoms. The van der Waals surface area contributed by atoms with Gasteiger partial charge in [-0.25, -0.2) is 0 Å². The van der Waals surface area contributed by atoms with Gasteiger partial charge in [0.1, 0.15) is 0 Å². The number of nitrogens with one attached hydrogen (secondary N) is 1. The van der Waals surface area contributed by atoms with Crippen LogP contribution < -0.4 is 11.3 Å². The summed E-state index contributed by atoms with van der Waals surface area (Å²) in [5.41, 5.74) is 6.76. The molecule has 0 radical (unpaired) electrons. The predicted octanol–water partition coefficient (Wildman–Crippen LogP) is 3.94. The first kappa shape index (κ1) is 16.5. The molecule has 3 nitrogen and oxygen atoms in total. The van der Waals surface area contributed by atoms with Crippen LogP contribution in [-0.2, 0) is 4.74 Å². The van der Waals surface area contributed by atoms with E-state index in [9.17, 15) is 0 Å². The third-order valence-electron chi connectivity index (χ3n) is 4.82. The van der Waals surface area contributed by atoms with Gasteiger partial charge in [-0.1, -0.05) is 49.4 Å². The molecule has 0 aromatic heterocycles. The van der Waals surface area contributed by atoms with E-state index in [4.69, 9.17) is 10.6 Å². The lowest BCUT2D eigenvalue weighted by molar-refractivity contribution is -0.0784. The highest BCUT2D eigenvalue weighted by Gasteiger charge is 2.40. The second kappa shape index (κ2) is 7.39. The standard InChI is InChI=1S/C18H30N2O/c1-4-21-18(11-7-5-6-8-12-18)17(20-19)16-13-14(2)9-10-15(16)3/h9-10,13,17,20H,4-8,11-12,19H2,1-3H3. The molecule has 0 saturated heterocycles. The summed E-state index contributed by atoms with van der Waals surface area (Å²) < 4.78 is 6.31. The summed E-state index contributed by atoms with van der Waals surface area (Å²) in [7, 11) is 0. The zero-order valence-corrected chi connectivity index (χ0v) is 13.7. The summed E-state index contributed by atoms with van der Waals surface area (Å²) in [5.74, 6) is 5.99. The van der Waals surface area contributed by atoms with Crippen LogP contribution in [0.2, 0.25) is 0 Å². The second-order valence-corrected chi connectivity index (χ2v) is 6.37. The smallest absolute Gasteiger partial charge is 0.0889 e. The fourth-order valence-corrected chi connectivity index (χ4v) is 3.73. The lowest BCUT2D eigenvalue weighted by Crippen LogP contribution is -2.48. The number of benzene rings is 1. The maximum atomic E-state index is 6.31. The Bertz CT molecular complexity index is 451. The van der Waals surface area contributed by atoms with E-state index in [1.54, 1.807) is 0 Å². The lowest BCUT2D eigenvalue weighted by atomic mass is 9.80. The van der Waals surface area contributed by atoms with Gasteiger partial charge in [-0.15, -0.1) is 0 Å². The van der Waals surface area contributed by atoms with Gasteiger partial charge >= 0.3 is 0 Å². The molecule has 0 bridgehead atoms. The molecule has 2 rings (SSSR count). The molecular formula is C18H30N2O. The second-order valence-electron chi connectivity index (χ2n) is 6.37. The summed E-state index contributed by atoms with van der Waals surface area (Å²) >= 11 is 0. The van der Waals surface area contributed by atoms with Crippen LogP contribution in [0, 0.1) is 13.8 Å². The van der Waals surface area contributed by atoms with Gasteiger partial charge < -0.3 is 4.74 Å². The van der Waals surface area contributed by atoms with Gasteiger partial charge in [-0.05, 0) is 44.7 Å². The third kappa shape index (κ3) is 3.65. The molecule has 1 unspecified atom stereocenters. The monoisotopic (exact) mass is 290 g/mol. The summed E-state index contributed by atoms with van der Waals surface area (Å²) in [5, 5.41) is 0. The van der Waals surface area contributed by atoms with Gasteiger partial charge in [0, 0.05) is 6.61 Å². The van der Waals surface area contributed by atoms with Crippen molar-refractivity contribution in [2.45, 2.75) is 70.9 Å². The first-order chi connectivity index (χ1) is 10.1. The van der Waals surface area contributed by atoms with Gasteiger partial charge in [-0.2, -0.15) is 0 Å². The zero-order chi connectivity index (χ0) is 15.3. The minimum Gasteiger partial charge on any atom is -0.373 e. The summed E-state index contributed by atoms with van der Waals surface area (Å²) in [4.78, 5) is 0. The normalized spacial score (nSPS) is 20.0. The maximum absolute atomic E-state index is 6.31. The largest absolute Gasteiger partial charge is 0.373 e. The Hall–Kier alpha value is -0.900. The van der Waals surface area contributed by atoms with E-state index in [0.717, 1.165) is 19.4 Å². The van der Waals surface area contributed by atoms with Crippen LogP contribution >= 0.6 is 0 Å². The van der Waals surface area contributed by atoms with Gasteiger partial charge in [0.25, 0.3) is 0 Å². The predicted molar refractivity (Wildman–Crippen MR) is 88.0 cm³/mol. The van der Waals surface area contributed by atoms with Crippen LogP contribution in [0.15, 0.2) is 18.2 Å². The molecule has 1 atom stereocenters. The summed E-state index contributed by atoms with van der Waals surface area (Å²) in [6, 6.07) is 6.67. The third-order valence-corrected chi connectivity index (χ3v) is 4.82. The van der Waals surface area contributed by atoms with Crippen molar-refractivity contribution in [3.05, 3.63) is 34.9 Å². The van der Waals surface area contributed by atoms with Crippen molar-refractivity contribution in [2.24, 2.45) is 5.84 Å². The number of nitrogens with two attached hydrogens (primary N) is 1. The highest BCUT2D eigenvalue weighted by atomic mass is 16.5. The molecule has 118 valence electrons. The molecule has 1 aromatic carbocycles. The van der Waals surface area contributed by atoms with E-state index >= 15 is 0 Å². The molecule has 3 heteroatoms. The van der Waals surface area contributed by atoms with E-state index < -0.39 is 0 Å². The minimum atomic E-state index is -0.168. The molecule has 1 aliphatic carbocycles. The number of rotatable bonds is 5. The van der Waals surface area contributed by atoms with E-state index in [-0.39, 0.29) is 11.6 Å². The zero-order valence-electron chi connectivity index (χ0n) is 13.7. The van der Waals surface area contributed by atoms with E-state index in [0.29, 0.717) is 0 Å². The molecule has 1 aliphatic rings. The molecule has 3 N–H and O–H groups in total. The van der Waals surface area contributed by atoms with Crippen LogP contribution in [0.3, 0.4) is 0 Å². The van der Waals surface area contributed by atoms with Gasteiger partial charge in [0.05, 0.1) is 11.6 Å². The molecule has 1 aromatic rings. The van der Waals surface area contributed by atoms with Crippen molar-refractivity contribution in [1.29, 1.82) is 0 Å². The topological polar surface area (TPSA) is 47.3 Å². The number of hydrogen-bond acceptors (Lipinski definition) is 3. The first-order valence-corrected chi connectivity index (χ1v) is 8.30. The molecular weight excluding hydrogens is 260 g/mol. The fraction of sp³-hybridized carbons (Fsp3) is 0.667. The van der Waals surface area contributed by atoms with E-state index in [1.807, 2.05) is 0 Å². The fourth-order valence-electron chi connectivity index (χ4n) is 3.73. The van der Waals surface area contributed by atoms with Crippen molar-refractivity contribution < 1.29 is 4.74 Å². The SMILES string of the molecule is CCOC1(C(NN)c2cc(C)ccc2C)CCCCCC1. The summed E-state index contributed by atoms with van der Waals surface area (Å²) in [6.07, 6.45) is 7.23. The van der Waals surface area contributed by atoms with Crippen LogP contribution in [0.25, 0.3) is 0 Å². The maximum Gasteiger partial charge on any atom is 0.0889 e. The number of ether oxygens (including phenoxy) is 1. The lowest BCUT2D eigenvalue weighted by Gasteiger charge is -2.40. The molecule has 0 aliphatic heterocycles. The van der Waals surface area contributed by atoms with Crippen LogP contribution in [-0.4, -0.2) is 12.2 Å².